The van der Waals surface area contributed by atoms with Gasteiger partial charge >= 0.3 is 0 Å². The minimum absolute atomic E-state index is 0.446. The lowest BCUT2D eigenvalue weighted by Gasteiger charge is -2.16. The SMILES string of the molecule is Cc1cc(CCl)cc(OCc2ccccc2)c1OCc1ccccc1. The predicted molar refractivity (Wildman–Crippen MR) is 102 cm³/mol. The van der Waals surface area contributed by atoms with Gasteiger partial charge in [-0.2, -0.15) is 0 Å². The van der Waals surface area contributed by atoms with Gasteiger partial charge in [-0.1, -0.05) is 66.7 Å². The largest absolute Gasteiger partial charge is 0.485 e. The smallest absolute Gasteiger partial charge is 0.164 e. The Morgan fingerprint density at radius 1 is 0.720 bits per heavy atom. The van der Waals surface area contributed by atoms with Crippen LogP contribution in [0.2, 0.25) is 0 Å². The van der Waals surface area contributed by atoms with E-state index in [0.717, 1.165) is 33.8 Å². The molecule has 0 aliphatic carbocycles. The fourth-order valence-corrected chi connectivity index (χ4v) is 2.80. The maximum Gasteiger partial charge on any atom is 0.164 e. The molecule has 0 fully saturated rings. The molecule has 0 heterocycles. The van der Waals surface area contributed by atoms with Gasteiger partial charge in [0.2, 0.25) is 0 Å². The molecule has 3 aromatic carbocycles. The summed E-state index contributed by atoms with van der Waals surface area (Å²) in [6.45, 7) is 3.02. The minimum Gasteiger partial charge on any atom is -0.485 e. The summed E-state index contributed by atoms with van der Waals surface area (Å²) in [5, 5.41) is 0. The average Bonchev–Trinajstić information content (AvgIpc) is 2.67. The lowest BCUT2D eigenvalue weighted by Crippen LogP contribution is -2.03. The summed E-state index contributed by atoms with van der Waals surface area (Å²) in [5.41, 5.74) is 4.29. The lowest BCUT2D eigenvalue weighted by atomic mass is 10.1. The van der Waals surface area contributed by atoms with Gasteiger partial charge in [-0.05, 0) is 35.2 Å². The van der Waals surface area contributed by atoms with E-state index in [4.69, 9.17) is 21.1 Å². The first-order valence-electron chi connectivity index (χ1n) is 8.29. The summed E-state index contributed by atoms with van der Waals surface area (Å²) in [4.78, 5) is 0. The number of rotatable bonds is 7. The van der Waals surface area contributed by atoms with Crippen molar-refractivity contribution in [1.82, 2.24) is 0 Å². The monoisotopic (exact) mass is 352 g/mol. The normalized spacial score (nSPS) is 10.5. The molecule has 0 unspecified atom stereocenters. The van der Waals surface area contributed by atoms with E-state index in [2.05, 4.69) is 0 Å². The van der Waals surface area contributed by atoms with Gasteiger partial charge in [0.25, 0.3) is 0 Å². The van der Waals surface area contributed by atoms with Crippen LogP contribution in [0.3, 0.4) is 0 Å². The third-order valence-electron chi connectivity index (χ3n) is 3.92. The summed E-state index contributed by atoms with van der Waals surface area (Å²) in [5.74, 6) is 1.95. The third-order valence-corrected chi connectivity index (χ3v) is 4.23. The van der Waals surface area contributed by atoms with Crippen LogP contribution in [-0.2, 0) is 19.1 Å². The Bertz CT molecular complexity index is 801. The number of halogens is 1. The molecule has 0 radical (unpaired) electrons. The van der Waals surface area contributed by atoms with Gasteiger partial charge in [-0.3, -0.25) is 0 Å². The summed E-state index contributed by atoms with van der Waals surface area (Å²) in [6.07, 6.45) is 0. The predicted octanol–water partition coefficient (Wildman–Crippen LogP) is 5.89. The van der Waals surface area contributed by atoms with E-state index in [1.807, 2.05) is 79.7 Å². The van der Waals surface area contributed by atoms with Crippen LogP contribution >= 0.6 is 11.6 Å². The zero-order valence-corrected chi connectivity index (χ0v) is 15.0. The highest BCUT2D eigenvalue weighted by molar-refractivity contribution is 6.17. The summed E-state index contributed by atoms with van der Waals surface area (Å²) >= 11 is 6.02. The molecule has 0 saturated heterocycles. The number of benzene rings is 3. The summed E-state index contributed by atoms with van der Waals surface area (Å²) in [6, 6.07) is 24.2. The zero-order chi connectivity index (χ0) is 17.5. The Hall–Kier alpha value is -2.45. The molecule has 3 aromatic rings. The second-order valence-electron chi connectivity index (χ2n) is 5.92. The highest BCUT2D eigenvalue weighted by atomic mass is 35.5. The Balaban J connectivity index is 1.80. The molecule has 2 nitrogen and oxygen atoms in total. The zero-order valence-electron chi connectivity index (χ0n) is 14.2. The molecule has 3 rings (SSSR count). The molecule has 0 saturated carbocycles. The van der Waals surface area contributed by atoms with Gasteiger partial charge in [0, 0.05) is 5.88 Å². The molecule has 0 bridgehead atoms. The fraction of sp³-hybridized carbons (Fsp3) is 0.182. The van der Waals surface area contributed by atoms with Crippen molar-refractivity contribution in [2.24, 2.45) is 0 Å². The molecular formula is C22H21ClO2. The topological polar surface area (TPSA) is 18.5 Å². The molecule has 25 heavy (non-hydrogen) atoms. The molecule has 0 spiro atoms. The van der Waals surface area contributed by atoms with Gasteiger partial charge in [0.05, 0.1) is 0 Å². The van der Waals surface area contributed by atoms with E-state index in [-0.39, 0.29) is 0 Å². The first-order chi connectivity index (χ1) is 12.3. The highest BCUT2D eigenvalue weighted by Gasteiger charge is 2.12. The van der Waals surface area contributed by atoms with Gasteiger partial charge in [-0.25, -0.2) is 0 Å². The van der Waals surface area contributed by atoms with Crippen molar-refractivity contribution in [3.63, 3.8) is 0 Å². The molecule has 0 aromatic heterocycles. The Morgan fingerprint density at radius 3 is 1.84 bits per heavy atom. The first-order valence-corrected chi connectivity index (χ1v) is 8.82. The van der Waals surface area contributed by atoms with E-state index >= 15 is 0 Å². The second kappa shape index (κ2) is 8.59. The van der Waals surface area contributed by atoms with Crippen LogP contribution in [0.4, 0.5) is 0 Å². The van der Waals surface area contributed by atoms with Crippen LogP contribution in [0.15, 0.2) is 72.8 Å². The Morgan fingerprint density at radius 2 is 1.28 bits per heavy atom. The molecule has 0 aliphatic rings. The number of aryl methyl sites for hydroxylation is 1. The van der Waals surface area contributed by atoms with Crippen LogP contribution in [0, 0.1) is 6.92 Å². The van der Waals surface area contributed by atoms with Gasteiger partial charge in [-0.15, -0.1) is 11.6 Å². The summed E-state index contributed by atoms with van der Waals surface area (Å²) < 4.78 is 12.1. The van der Waals surface area contributed by atoms with Crippen LogP contribution in [0.1, 0.15) is 22.3 Å². The van der Waals surface area contributed by atoms with Crippen molar-refractivity contribution in [1.29, 1.82) is 0 Å². The van der Waals surface area contributed by atoms with Gasteiger partial charge in [0.1, 0.15) is 13.2 Å². The Kier molecular flexibility index (Phi) is 5.97. The van der Waals surface area contributed by atoms with Crippen molar-refractivity contribution >= 4 is 11.6 Å². The van der Waals surface area contributed by atoms with E-state index in [1.165, 1.54) is 0 Å². The van der Waals surface area contributed by atoms with E-state index in [0.29, 0.717) is 19.1 Å². The van der Waals surface area contributed by atoms with E-state index in [9.17, 15) is 0 Å². The van der Waals surface area contributed by atoms with Crippen LogP contribution in [0.5, 0.6) is 11.5 Å². The van der Waals surface area contributed by atoms with Crippen LogP contribution < -0.4 is 9.47 Å². The van der Waals surface area contributed by atoms with Crippen molar-refractivity contribution in [2.45, 2.75) is 26.0 Å². The molecule has 0 aliphatic heterocycles. The van der Waals surface area contributed by atoms with Crippen molar-refractivity contribution in [2.75, 3.05) is 0 Å². The van der Waals surface area contributed by atoms with Crippen LogP contribution in [-0.4, -0.2) is 0 Å². The maximum absolute atomic E-state index is 6.07. The number of hydrogen-bond acceptors (Lipinski definition) is 2. The summed E-state index contributed by atoms with van der Waals surface area (Å²) in [7, 11) is 0. The third kappa shape index (κ3) is 4.77. The average molecular weight is 353 g/mol. The van der Waals surface area contributed by atoms with Crippen molar-refractivity contribution < 1.29 is 9.47 Å². The standard InChI is InChI=1S/C22H21ClO2/c1-17-12-20(14-23)13-21(24-15-18-8-4-2-5-9-18)22(17)25-16-19-10-6-3-7-11-19/h2-13H,14-16H2,1H3. The van der Waals surface area contributed by atoms with Crippen molar-refractivity contribution in [3.05, 3.63) is 95.1 Å². The van der Waals surface area contributed by atoms with Crippen LogP contribution in [0.25, 0.3) is 0 Å². The van der Waals surface area contributed by atoms with Gasteiger partial charge in [0.15, 0.2) is 11.5 Å². The lowest BCUT2D eigenvalue weighted by molar-refractivity contribution is 0.254. The molecule has 128 valence electrons. The van der Waals surface area contributed by atoms with Gasteiger partial charge < -0.3 is 9.47 Å². The first kappa shape index (κ1) is 17.4. The molecular weight excluding hydrogens is 332 g/mol. The molecule has 3 heteroatoms. The van der Waals surface area contributed by atoms with E-state index in [1.54, 1.807) is 0 Å². The number of hydrogen-bond donors (Lipinski definition) is 0. The highest BCUT2D eigenvalue weighted by Crippen LogP contribution is 2.34. The second-order valence-corrected chi connectivity index (χ2v) is 6.19. The molecule has 0 atom stereocenters. The molecule has 0 amide bonds. The van der Waals surface area contributed by atoms with Crippen molar-refractivity contribution in [3.8, 4) is 11.5 Å². The van der Waals surface area contributed by atoms with E-state index < -0.39 is 0 Å². The minimum atomic E-state index is 0.446. The number of alkyl halides is 1. The Labute approximate surface area is 154 Å². The number of ether oxygens (including phenoxy) is 2. The fourth-order valence-electron chi connectivity index (χ4n) is 2.65. The maximum atomic E-state index is 6.07. The molecule has 0 N–H and O–H groups in total. The quantitative estimate of drug-likeness (QED) is 0.493.